The van der Waals surface area contributed by atoms with E-state index in [0.29, 0.717) is 32.5 Å². The molecule has 1 aromatic carbocycles. The Labute approximate surface area is 159 Å². The van der Waals surface area contributed by atoms with E-state index in [-0.39, 0.29) is 17.6 Å². The Morgan fingerprint density at radius 1 is 1.32 bits per heavy atom. The van der Waals surface area contributed by atoms with Crippen LogP contribution in [0.15, 0.2) is 24.3 Å². The summed E-state index contributed by atoms with van der Waals surface area (Å²) in [5.41, 5.74) is 1.10. The Bertz CT molecular complexity index is 674. The summed E-state index contributed by atoms with van der Waals surface area (Å²) in [4.78, 5) is 12.2. The quantitative estimate of drug-likeness (QED) is 0.676. The molecular weight excluding hydrogens is 380 g/mol. The maximum Gasteiger partial charge on any atom is 0.223 e. The summed E-state index contributed by atoms with van der Waals surface area (Å²) in [6.45, 7) is 3.14. The standard InChI is InChI=1S/C17H25ClN2O3S2/c1-2-25(22,23)20-10-7-14(8-11-20)17(21)19-9-12-24-13-15-5-3-4-6-16(15)18/h3-6,14H,2,7-13H2,1H3,(H,19,21). The van der Waals surface area contributed by atoms with Crippen LogP contribution in [-0.2, 0) is 20.6 Å². The molecule has 0 aliphatic carbocycles. The second-order valence-electron chi connectivity index (χ2n) is 6.01. The molecule has 0 aromatic heterocycles. The highest BCUT2D eigenvalue weighted by atomic mass is 35.5. The Balaban J connectivity index is 1.64. The van der Waals surface area contributed by atoms with Gasteiger partial charge in [0.1, 0.15) is 0 Å². The number of piperidine rings is 1. The predicted molar refractivity (Wildman–Crippen MR) is 104 cm³/mol. The maximum absolute atomic E-state index is 12.2. The molecule has 1 N–H and O–H groups in total. The zero-order chi connectivity index (χ0) is 18.3. The molecule has 0 atom stereocenters. The van der Waals surface area contributed by atoms with Crippen LogP contribution in [0.3, 0.4) is 0 Å². The number of amides is 1. The molecule has 2 rings (SSSR count). The van der Waals surface area contributed by atoms with Crippen molar-refractivity contribution in [2.24, 2.45) is 5.92 Å². The van der Waals surface area contributed by atoms with E-state index in [9.17, 15) is 13.2 Å². The van der Waals surface area contributed by atoms with Gasteiger partial charge >= 0.3 is 0 Å². The van der Waals surface area contributed by atoms with E-state index in [1.54, 1.807) is 18.7 Å². The van der Waals surface area contributed by atoms with E-state index < -0.39 is 10.0 Å². The first kappa shape index (κ1) is 20.6. The number of rotatable bonds is 8. The number of nitrogens with zero attached hydrogens (tertiary/aromatic N) is 1. The Hall–Kier alpha value is -0.760. The van der Waals surface area contributed by atoms with Gasteiger partial charge in [0.15, 0.2) is 0 Å². The molecule has 140 valence electrons. The fourth-order valence-corrected chi connectivity index (χ4v) is 5.04. The smallest absolute Gasteiger partial charge is 0.223 e. The van der Waals surface area contributed by atoms with Crippen molar-refractivity contribution in [2.45, 2.75) is 25.5 Å². The molecule has 1 fully saturated rings. The Kier molecular flexibility index (Phi) is 8.06. The van der Waals surface area contributed by atoms with E-state index in [2.05, 4.69) is 5.32 Å². The molecule has 0 unspecified atom stereocenters. The SMILES string of the molecule is CCS(=O)(=O)N1CCC(C(=O)NCCSCc2ccccc2Cl)CC1. The highest BCUT2D eigenvalue weighted by molar-refractivity contribution is 7.98. The van der Waals surface area contributed by atoms with Crippen LogP contribution >= 0.6 is 23.4 Å². The van der Waals surface area contributed by atoms with Gasteiger partial charge in [-0.2, -0.15) is 11.8 Å². The molecule has 25 heavy (non-hydrogen) atoms. The Morgan fingerprint density at radius 2 is 2.00 bits per heavy atom. The topological polar surface area (TPSA) is 66.5 Å². The molecule has 5 nitrogen and oxygen atoms in total. The van der Waals surface area contributed by atoms with Crippen LogP contribution in [0.1, 0.15) is 25.3 Å². The third-order valence-electron chi connectivity index (χ3n) is 4.34. The van der Waals surface area contributed by atoms with Crippen LogP contribution in [-0.4, -0.2) is 49.8 Å². The number of carbonyl (C=O) groups is 1. The van der Waals surface area contributed by atoms with Crippen molar-refractivity contribution in [1.29, 1.82) is 0 Å². The fourth-order valence-electron chi connectivity index (χ4n) is 2.77. The normalized spacial score (nSPS) is 16.7. The van der Waals surface area contributed by atoms with Gasteiger partial charge in [-0.15, -0.1) is 0 Å². The number of benzene rings is 1. The van der Waals surface area contributed by atoms with Gasteiger partial charge in [-0.3, -0.25) is 4.79 Å². The molecular formula is C17H25ClN2O3S2. The van der Waals surface area contributed by atoms with Gasteiger partial charge in [0.05, 0.1) is 5.75 Å². The third kappa shape index (κ3) is 6.16. The molecule has 1 aliphatic rings. The van der Waals surface area contributed by atoms with E-state index in [1.165, 1.54) is 4.31 Å². The fraction of sp³-hybridized carbons (Fsp3) is 0.588. The average Bonchev–Trinajstić information content (AvgIpc) is 2.63. The molecule has 1 aliphatic heterocycles. The molecule has 1 aromatic rings. The highest BCUT2D eigenvalue weighted by Crippen LogP contribution is 2.21. The number of sulfonamides is 1. The summed E-state index contributed by atoms with van der Waals surface area (Å²) in [7, 11) is -3.14. The lowest BCUT2D eigenvalue weighted by atomic mass is 9.97. The summed E-state index contributed by atoms with van der Waals surface area (Å²) < 4.78 is 25.2. The van der Waals surface area contributed by atoms with Gasteiger partial charge in [-0.1, -0.05) is 29.8 Å². The summed E-state index contributed by atoms with van der Waals surface area (Å²) in [6.07, 6.45) is 1.19. The number of nitrogens with one attached hydrogen (secondary N) is 1. The Morgan fingerprint density at radius 3 is 2.64 bits per heavy atom. The molecule has 0 radical (unpaired) electrons. The van der Waals surface area contributed by atoms with E-state index >= 15 is 0 Å². The van der Waals surface area contributed by atoms with Crippen LogP contribution in [0.5, 0.6) is 0 Å². The van der Waals surface area contributed by atoms with Crippen molar-refractivity contribution in [2.75, 3.05) is 31.1 Å². The van der Waals surface area contributed by atoms with E-state index in [1.807, 2.05) is 24.3 Å². The number of hydrogen-bond acceptors (Lipinski definition) is 4. The molecule has 8 heteroatoms. The molecule has 1 heterocycles. The maximum atomic E-state index is 12.2. The van der Waals surface area contributed by atoms with Gasteiger partial charge in [-0.25, -0.2) is 12.7 Å². The van der Waals surface area contributed by atoms with Gasteiger partial charge in [-0.05, 0) is 31.4 Å². The van der Waals surface area contributed by atoms with Crippen LogP contribution in [0, 0.1) is 5.92 Å². The lowest BCUT2D eigenvalue weighted by Gasteiger charge is -2.30. The molecule has 0 spiro atoms. The highest BCUT2D eigenvalue weighted by Gasteiger charge is 2.29. The predicted octanol–water partition coefficient (Wildman–Crippen LogP) is 2.75. The van der Waals surface area contributed by atoms with Crippen LogP contribution in [0.4, 0.5) is 0 Å². The summed E-state index contributed by atoms with van der Waals surface area (Å²) in [6, 6.07) is 7.76. The minimum Gasteiger partial charge on any atom is -0.355 e. The largest absolute Gasteiger partial charge is 0.355 e. The molecule has 1 saturated heterocycles. The number of hydrogen-bond donors (Lipinski definition) is 1. The minimum absolute atomic E-state index is 0.0342. The van der Waals surface area contributed by atoms with Gasteiger partial charge < -0.3 is 5.32 Å². The van der Waals surface area contributed by atoms with Crippen molar-refractivity contribution in [3.63, 3.8) is 0 Å². The van der Waals surface area contributed by atoms with Gasteiger partial charge in [0.25, 0.3) is 0 Å². The van der Waals surface area contributed by atoms with Gasteiger partial charge in [0.2, 0.25) is 15.9 Å². The third-order valence-corrected chi connectivity index (χ3v) is 7.60. The van der Waals surface area contributed by atoms with Crippen molar-refractivity contribution in [3.05, 3.63) is 34.9 Å². The lowest BCUT2D eigenvalue weighted by Crippen LogP contribution is -2.43. The first-order chi connectivity index (χ1) is 11.9. The van der Waals surface area contributed by atoms with Crippen LogP contribution in [0.25, 0.3) is 0 Å². The molecule has 0 saturated carbocycles. The summed E-state index contributed by atoms with van der Waals surface area (Å²) in [5.74, 6) is 1.71. The monoisotopic (exact) mass is 404 g/mol. The summed E-state index contributed by atoms with van der Waals surface area (Å²) >= 11 is 7.84. The summed E-state index contributed by atoms with van der Waals surface area (Å²) in [5, 5.41) is 3.73. The zero-order valence-corrected chi connectivity index (χ0v) is 16.8. The molecule has 0 bridgehead atoms. The minimum atomic E-state index is -3.14. The first-order valence-electron chi connectivity index (χ1n) is 8.50. The first-order valence-corrected chi connectivity index (χ1v) is 11.6. The lowest BCUT2D eigenvalue weighted by molar-refractivity contribution is -0.125. The van der Waals surface area contributed by atoms with Crippen molar-refractivity contribution in [3.8, 4) is 0 Å². The van der Waals surface area contributed by atoms with Crippen molar-refractivity contribution < 1.29 is 13.2 Å². The number of halogens is 1. The van der Waals surface area contributed by atoms with E-state index in [4.69, 9.17) is 11.6 Å². The zero-order valence-electron chi connectivity index (χ0n) is 14.4. The van der Waals surface area contributed by atoms with Crippen LogP contribution < -0.4 is 5.32 Å². The molecule has 1 amide bonds. The second kappa shape index (κ2) is 9.80. The van der Waals surface area contributed by atoms with Crippen LogP contribution in [0.2, 0.25) is 5.02 Å². The van der Waals surface area contributed by atoms with Gasteiger partial charge in [0, 0.05) is 42.1 Å². The average molecular weight is 405 g/mol. The van der Waals surface area contributed by atoms with Crippen molar-refractivity contribution in [1.82, 2.24) is 9.62 Å². The van der Waals surface area contributed by atoms with Crippen molar-refractivity contribution >= 4 is 39.3 Å². The second-order valence-corrected chi connectivity index (χ2v) is 9.78. The van der Waals surface area contributed by atoms with E-state index in [0.717, 1.165) is 22.1 Å². The number of thioether (sulfide) groups is 1. The number of carbonyl (C=O) groups excluding carboxylic acids is 1.